The van der Waals surface area contributed by atoms with E-state index in [0.29, 0.717) is 17.3 Å². The van der Waals surface area contributed by atoms with E-state index in [1.807, 2.05) is 6.92 Å². The molecule has 0 fully saturated rings. The minimum Gasteiger partial charge on any atom is -0.370 e. The van der Waals surface area contributed by atoms with Gasteiger partial charge in [0.1, 0.15) is 10.7 Å². The molecular formula is C12H21N3O3S2. The van der Waals surface area contributed by atoms with E-state index in [-0.39, 0.29) is 11.4 Å². The first-order valence-corrected chi connectivity index (χ1v) is 9.51. The molecule has 0 saturated heterocycles. The third-order valence-corrected chi connectivity index (χ3v) is 5.30. The van der Waals surface area contributed by atoms with Crippen molar-refractivity contribution in [1.82, 2.24) is 9.71 Å². The Labute approximate surface area is 122 Å². The number of nitrogens with zero attached hydrogens (tertiary/aromatic N) is 1. The van der Waals surface area contributed by atoms with Crippen LogP contribution in [0.15, 0.2) is 23.2 Å². The number of anilines is 1. The van der Waals surface area contributed by atoms with E-state index in [0.717, 1.165) is 13.0 Å². The molecule has 0 aliphatic carbocycles. The topological polar surface area (TPSA) is 88.2 Å². The first kappa shape index (κ1) is 17.1. The Morgan fingerprint density at radius 1 is 1.25 bits per heavy atom. The molecule has 1 rings (SSSR count). The van der Waals surface area contributed by atoms with E-state index in [9.17, 15) is 12.6 Å². The summed E-state index contributed by atoms with van der Waals surface area (Å²) in [6.45, 7) is 4.80. The van der Waals surface area contributed by atoms with Crippen LogP contribution in [0.25, 0.3) is 0 Å². The molecule has 8 heteroatoms. The van der Waals surface area contributed by atoms with Gasteiger partial charge in [0.05, 0.1) is 0 Å². The maximum absolute atomic E-state index is 12.0. The summed E-state index contributed by atoms with van der Waals surface area (Å²) in [5.74, 6) is 1.50. The highest BCUT2D eigenvalue weighted by molar-refractivity contribution is 7.89. The number of hydrogen-bond donors (Lipinski definition) is 2. The van der Waals surface area contributed by atoms with Crippen LogP contribution < -0.4 is 10.0 Å². The van der Waals surface area contributed by atoms with E-state index in [1.54, 1.807) is 13.0 Å². The van der Waals surface area contributed by atoms with Gasteiger partial charge < -0.3 is 5.32 Å². The summed E-state index contributed by atoms with van der Waals surface area (Å²) in [6, 6.07) is 3.14. The van der Waals surface area contributed by atoms with Crippen LogP contribution in [-0.2, 0) is 20.8 Å². The fourth-order valence-electron chi connectivity index (χ4n) is 1.41. The zero-order valence-electron chi connectivity index (χ0n) is 11.8. The van der Waals surface area contributed by atoms with E-state index in [4.69, 9.17) is 0 Å². The lowest BCUT2D eigenvalue weighted by molar-refractivity contribution is 0.583. The second-order valence-corrected chi connectivity index (χ2v) is 7.77. The smallest absolute Gasteiger partial charge is 0.242 e. The lowest BCUT2D eigenvalue weighted by Crippen LogP contribution is -2.28. The predicted octanol–water partition coefficient (Wildman–Crippen LogP) is 0.950. The van der Waals surface area contributed by atoms with Crippen molar-refractivity contribution >= 4 is 26.6 Å². The van der Waals surface area contributed by atoms with Gasteiger partial charge in [-0.2, -0.15) is 0 Å². The van der Waals surface area contributed by atoms with Crippen molar-refractivity contribution in [2.24, 2.45) is 0 Å². The van der Waals surface area contributed by atoms with Gasteiger partial charge in [-0.3, -0.25) is 4.21 Å². The average Bonchev–Trinajstić information content (AvgIpc) is 2.45. The molecule has 0 aromatic carbocycles. The fraction of sp³-hybridized carbons (Fsp3) is 0.583. The third-order valence-electron chi connectivity index (χ3n) is 2.55. The molecule has 1 heterocycles. The molecule has 6 nitrogen and oxygen atoms in total. The van der Waals surface area contributed by atoms with Gasteiger partial charge in [0.25, 0.3) is 0 Å². The van der Waals surface area contributed by atoms with Crippen LogP contribution in [0, 0.1) is 0 Å². The van der Waals surface area contributed by atoms with E-state index >= 15 is 0 Å². The number of rotatable bonds is 9. The van der Waals surface area contributed by atoms with Crippen LogP contribution >= 0.6 is 0 Å². The van der Waals surface area contributed by atoms with Crippen LogP contribution in [0.1, 0.15) is 20.3 Å². The molecular weight excluding hydrogens is 298 g/mol. The quantitative estimate of drug-likeness (QED) is 0.707. The van der Waals surface area contributed by atoms with E-state index in [1.165, 1.54) is 12.3 Å². The van der Waals surface area contributed by atoms with Crippen LogP contribution in [-0.4, -0.2) is 42.2 Å². The summed E-state index contributed by atoms with van der Waals surface area (Å²) in [7, 11) is -4.55. The summed E-state index contributed by atoms with van der Waals surface area (Å²) in [4.78, 5) is 4.16. The molecule has 1 aromatic rings. The summed E-state index contributed by atoms with van der Waals surface area (Å²) < 4.78 is 37.6. The highest BCUT2D eigenvalue weighted by Crippen LogP contribution is 2.10. The maximum Gasteiger partial charge on any atom is 0.242 e. The van der Waals surface area contributed by atoms with Gasteiger partial charge in [0.2, 0.25) is 10.0 Å². The van der Waals surface area contributed by atoms with Crippen molar-refractivity contribution in [3.8, 4) is 0 Å². The molecule has 1 atom stereocenters. The monoisotopic (exact) mass is 319 g/mol. The van der Waals surface area contributed by atoms with E-state index < -0.39 is 20.8 Å². The highest BCUT2D eigenvalue weighted by Gasteiger charge is 2.14. The summed E-state index contributed by atoms with van der Waals surface area (Å²) in [6.07, 6.45) is 2.29. The summed E-state index contributed by atoms with van der Waals surface area (Å²) >= 11 is 0. The molecule has 0 spiro atoms. The van der Waals surface area contributed by atoms with Crippen molar-refractivity contribution in [2.75, 3.05) is 29.9 Å². The van der Waals surface area contributed by atoms with Gasteiger partial charge >= 0.3 is 0 Å². The minimum absolute atomic E-state index is 0.113. The lowest BCUT2D eigenvalue weighted by atomic mass is 10.4. The Kier molecular flexibility index (Phi) is 7.11. The van der Waals surface area contributed by atoms with Crippen molar-refractivity contribution < 1.29 is 12.6 Å². The molecule has 20 heavy (non-hydrogen) atoms. The molecule has 1 unspecified atom stereocenters. The van der Waals surface area contributed by atoms with Gasteiger partial charge in [0, 0.05) is 41.6 Å². The molecule has 0 aliphatic rings. The average molecular weight is 319 g/mol. The Bertz CT molecular complexity index is 529. The Balaban J connectivity index is 2.61. The van der Waals surface area contributed by atoms with Crippen LogP contribution in [0.5, 0.6) is 0 Å². The summed E-state index contributed by atoms with van der Waals surface area (Å²) in [5, 5.41) is 3.07. The van der Waals surface area contributed by atoms with Crippen molar-refractivity contribution in [3.05, 3.63) is 18.3 Å². The molecule has 0 aliphatic heterocycles. The van der Waals surface area contributed by atoms with Gasteiger partial charge in [0.15, 0.2) is 0 Å². The van der Waals surface area contributed by atoms with Crippen LogP contribution in [0.2, 0.25) is 0 Å². The molecule has 0 amide bonds. The normalized spacial score (nSPS) is 13.1. The SMILES string of the molecule is CCCNc1ccc(S(=O)(=O)NCCS(=O)CC)cn1. The standard InChI is InChI=1S/C12H21N3O3S2/c1-3-7-13-12-6-5-11(10-14-12)20(17,18)15-8-9-19(16)4-2/h5-6,10,15H,3-4,7-9H2,1-2H3,(H,13,14). The Morgan fingerprint density at radius 2 is 2.00 bits per heavy atom. The van der Waals surface area contributed by atoms with Crippen LogP contribution in [0.4, 0.5) is 5.82 Å². The molecule has 114 valence electrons. The molecule has 2 N–H and O–H groups in total. The van der Waals surface area contributed by atoms with Crippen LogP contribution in [0.3, 0.4) is 0 Å². The summed E-state index contributed by atoms with van der Waals surface area (Å²) in [5.41, 5.74) is 0. The maximum atomic E-state index is 12.0. The molecule has 0 saturated carbocycles. The minimum atomic E-state index is -3.58. The zero-order chi connectivity index (χ0) is 15.0. The lowest BCUT2D eigenvalue weighted by Gasteiger charge is -2.07. The second kappa shape index (κ2) is 8.33. The number of nitrogens with one attached hydrogen (secondary N) is 2. The van der Waals surface area contributed by atoms with Crippen molar-refractivity contribution in [3.63, 3.8) is 0 Å². The van der Waals surface area contributed by atoms with Gasteiger partial charge in [-0.1, -0.05) is 13.8 Å². The highest BCUT2D eigenvalue weighted by atomic mass is 32.2. The number of aromatic nitrogens is 1. The van der Waals surface area contributed by atoms with Gasteiger partial charge in [-0.25, -0.2) is 18.1 Å². The Hall–Kier alpha value is -0.990. The first-order chi connectivity index (χ1) is 9.49. The third kappa shape index (κ3) is 5.56. The molecule has 0 bridgehead atoms. The van der Waals surface area contributed by atoms with Crippen molar-refractivity contribution in [1.29, 1.82) is 0 Å². The Morgan fingerprint density at radius 3 is 2.55 bits per heavy atom. The van der Waals surface area contributed by atoms with Crippen molar-refractivity contribution in [2.45, 2.75) is 25.2 Å². The molecule has 1 aromatic heterocycles. The second-order valence-electron chi connectivity index (χ2n) is 4.14. The molecule has 0 radical (unpaired) electrons. The predicted molar refractivity (Wildman–Crippen MR) is 81.8 cm³/mol. The van der Waals surface area contributed by atoms with E-state index in [2.05, 4.69) is 15.0 Å². The van der Waals surface area contributed by atoms with Gasteiger partial charge in [-0.05, 0) is 18.6 Å². The van der Waals surface area contributed by atoms with Gasteiger partial charge in [-0.15, -0.1) is 0 Å². The first-order valence-electron chi connectivity index (χ1n) is 6.54. The zero-order valence-corrected chi connectivity index (χ0v) is 13.4. The fourth-order valence-corrected chi connectivity index (χ4v) is 3.14. The number of hydrogen-bond acceptors (Lipinski definition) is 5. The largest absolute Gasteiger partial charge is 0.370 e. The number of pyridine rings is 1. The number of sulfonamides is 1.